The van der Waals surface area contributed by atoms with Gasteiger partial charge in [0.2, 0.25) is 5.91 Å². The van der Waals surface area contributed by atoms with Crippen molar-refractivity contribution in [2.45, 2.75) is 18.6 Å². The van der Waals surface area contributed by atoms with E-state index < -0.39 is 0 Å². The largest absolute Gasteiger partial charge is 0.468 e. The summed E-state index contributed by atoms with van der Waals surface area (Å²) < 4.78 is 5.24. The second-order valence-electron chi connectivity index (χ2n) is 4.73. The van der Waals surface area contributed by atoms with Gasteiger partial charge in [0.1, 0.15) is 5.76 Å². The van der Waals surface area contributed by atoms with Gasteiger partial charge < -0.3 is 9.73 Å². The fourth-order valence-electron chi connectivity index (χ4n) is 1.87. The SMILES string of the molecule is O=C(CCc1ccc(Cl)c(Cl)c1)NCCSCc1ccco1. The minimum Gasteiger partial charge on any atom is -0.468 e. The number of rotatable bonds is 8. The highest BCUT2D eigenvalue weighted by molar-refractivity contribution is 7.98. The van der Waals surface area contributed by atoms with Crippen LogP contribution in [0.4, 0.5) is 0 Å². The first kappa shape index (κ1) is 17.3. The van der Waals surface area contributed by atoms with Crippen LogP contribution in [0.15, 0.2) is 41.0 Å². The lowest BCUT2D eigenvalue weighted by atomic mass is 10.1. The summed E-state index contributed by atoms with van der Waals surface area (Å²) >= 11 is 13.5. The molecule has 0 spiro atoms. The van der Waals surface area contributed by atoms with Crippen molar-refractivity contribution in [2.24, 2.45) is 0 Å². The van der Waals surface area contributed by atoms with Gasteiger partial charge in [0, 0.05) is 18.7 Å². The lowest BCUT2D eigenvalue weighted by Gasteiger charge is -2.06. The van der Waals surface area contributed by atoms with Gasteiger partial charge in [-0.1, -0.05) is 29.3 Å². The molecule has 1 aromatic heterocycles. The molecule has 0 radical (unpaired) electrons. The van der Waals surface area contributed by atoms with Crippen LogP contribution in [0.3, 0.4) is 0 Å². The van der Waals surface area contributed by atoms with Gasteiger partial charge in [0.05, 0.1) is 22.1 Å². The number of nitrogens with one attached hydrogen (secondary N) is 1. The molecular weight excluding hydrogens is 341 g/mol. The van der Waals surface area contributed by atoms with Crippen molar-refractivity contribution in [3.05, 3.63) is 58.0 Å². The van der Waals surface area contributed by atoms with E-state index in [4.69, 9.17) is 27.6 Å². The van der Waals surface area contributed by atoms with E-state index >= 15 is 0 Å². The van der Waals surface area contributed by atoms with E-state index in [9.17, 15) is 4.79 Å². The second kappa shape index (κ2) is 9.13. The van der Waals surface area contributed by atoms with Crippen molar-refractivity contribution >= 4 is 40.9 Å². The van der Waals surface area contributed by atoms with E-state index in [1.807, 2.05) is 18.2 Å². The van der Waals surface area contributed by atoms with Crippen molar-refractivity contribution in [3.8, 4) is 0 Å². The van der Waals surface area contributed by atoms with Gasteiger partial charge >= 0.3 is 0 Å². The molecular formula is C16H17Cl2NO2S. The van der Waals surface area contributed by atoms with Crippen LogP contribution < -0.4 is 5.32 Å². The zero-order valence-corrected chi connectivity index (χ0v) is 14.3. The molecule has 6 heteroatoms. The number of hydrogen-bond donors (Lipinski definition) is 1. The predicted molar refractivity (Wildman–Crippen MR) is 92.7 cm³/mol. The molecule has 0 atom stereocenters. The molecule has 2 rings (SSSR count). The zero-order chi connectivity index (χ0) is 15.8. The average Bonchev–Trinajstić information content (AvgIpc) is 3.01. The van der Waals surface area contributed by atoms with Crippen molar-refractivity contribution < 1.29 is 9.21 Å². The number of aryl methyl sites for hydroxylation is 1. The maximum atomic E-state index is 11.8. The highest BCUT2D eigenvalue weighted by Gasteiger charge is 2.04. The maximum Gasteiger partial charge on any atom is 0.220 e. The Hall–Kier alpha value is -1.10. The third-order valence-electron chi connectivity index (χ3n) is 3.02. The summed E-state index contributed by atoms with van der Waals surface area (Å²) in [5.41, 5.74) is 1.01. The van der Waals surface area contributed by atoms with E-state index in [-0.39, 0.29) is 5.91 Å². The molecule has 0 fully saturated rings. The monoisotopic (exact) mass is 357 g/mol. The van der Waals surface area contributed by atoms with Gasteiger partial charge in [-0.15, -0.1) is 0 Å². The van der Waals surface area contributed by atoms with Crippen LogP contribution in [0.25, 0.3) is 0 Å². The molecule has 1 aromatic carbocycles. The highest BCUT2D eigenvalue weighted by atomic mass is 35.5. The normalized spacial score (nSPS) is 10.6. The Morgan fingerprint density at radius 2 is 2.09 bits per heavy atom. The molecule has 3 nitrogen and oxygen atoms in total. The summed E-state index contributed by atoms with van der Waals surface area (Å²) in [6, 6.07) is 9.27. The lowest BCUT2D eigenvalue weighted by Crippen LogP contribution is -2.25. The predicted octanol–water partition coefficient (Wildman–Crippen LogP) is 4.57. The molecule has 0 bridgehead atoms. The Morgan fingerprint density at radius 1 is 1.23 bits per heavy atom. The van der Waals surface area contributed by atoms with Crippen molar-refractivity contribution in [2.75, 3.05) is 12.3 Å². The zero-order valence-electron chi connectivity index (χ0n) is 12.0. The average molecular weight is 358 g/mol. The summed E-state index contributed by atoms with van der Waals surface area (Å²) in [4.78, 5) is 11.8. The van der Waals surface area contributed by atoms with Crippen molar-refractivity contribution in [1.82, 2.24) is 5.32 Å². The highest BCUT2D eigenvalue weighted by Crippen LogP contribution is 2.23. The van der Waals surface area contributed by atoms with E-state index in [0.29, 0.717) is 29.4 Å². The number of carbonyl (C=O) groups excluding carboxylic acids is 1. The molecule has 1 amide bonds. The van der Waals surface area contributed by atoms with Crippen LogP contribution in [0, 0.1) is 0 Å². The summed E-state index contributed by atoms with van der Waals surface area (Å²) in [6.07, 6.45) is 2.77. The number of hydrogen-bond acceptors (Lipinski definition) is 3. The number of benzene rings is 1. The van der Waals surface area contributed by atoms with E-state index in [1.54, 1.807) is 30.2 Å². The maximum absolute atomic E-state index is 11.8. The first-order chi connectivity index (χ1) is 10.6. The Kier molecular flexibility index (Phi) is 7.16. The topological polar surface area (TPSA) is 42.2 Å². The van der Waals surface area contributed by atoms with E-state index in [0.717, 1.165) is 22.8 Å². The van der Waals surface area contributed by atoms with Crippen LogP contribution in [0.1, 0.15) is 17.7 Å². The molecule has 1 heterocycles. The molecule has 118 valence electrons. The van der Waals surface area contributed by atoms with Crippen LogP contribution in [-0.4, -0.2) is 18.2 Å². The van der Waals surface area contributed by atoms with Crippen LogP contribution in [0.5, 0.6) is 0 Å². The van der Waals surface area contributed by atoms with Gasteiger partial charge in [-0.3, -0.25) is 4.79 Å². The number of carbonyl (C=O) groups is 1. The number of halogens is 2. The third-order valence-corrected chi connectivity index (χ3v) is 4.74. The van der Waals surface area contributed by atoms with Crippen molar-refractivity contribution in [3.63, 3.8) is 0 Å². The molecule has 0 saturated carbocycles. The molecule has 1 N–H and O–H groups in total. The molecule has 0 aliphatic heterocycles. The summed E-state index contributed by atoms with van der Waals surface area (Å²) in [5, 5.41) is 3.96. The first-order valence-electron chi connectivity index (χ1n) is 6.96. The second-order valence-corrected chi connectivity index (χ2v) is 6.65. The number of thioether (sulfide) groups is 1. The fraction of sp³-hybridized carbons (Fsp3) is 0.312. The third kappa shape index (κ3) is 5.95. The standard InChI is InChI=1S/C16H17Cl2NO2S/c17-14-5-3-12(10-15(14)18)4-6-16(20)19-7-9-22-11-13-2-1-8-21-13/h1-3,5,8,10H,4,6-7,9,11H2,(H,19,20). The number of amides is 1. The summed E-state index contributed by atoms with van der Waals surface area (Å²) in [7, 11) is 0. The molecule has 0 aliphatic rings. The summed E-state index contributed by atoms with van der Waals surface area (Å²) in [5.74, 6) is 2.69. The van der Waals surface area contributed by atoms with E-state index in [1.165, 1.54) is 0 Å². The smallest absolute Gasteiger partial charge is 0.220 e. The van der Waals surface area contributed by atoms with Crippen LogP contribution in [0.2, 0.25) is 10.0 Å². The minimum atomic E-state index is 0.0460. The molecule has 22 heavy (non-hydrogen) atoms. The Morgan fingerprint density at radius 3 is 2.82 bits per heavy atom. The molecule has 0 aliphatic carbocycles. The molecule has 0 saturated heterocycles. The number of furan rings is 1. The van der Waals surface area contributed by atoms with Crippen LogP contribution in [-0.2, 0) is 17.0 Å². The van der Waals surface area contributed by atoms with Gasteiger partial charge in [0.15, 0.2) is 0 Å². The molecule has 2 aromatic rings. The lowest BCUT2D eigenvalue weighted by molar-refractivity contribution is -0.120. The molecule has 0 unspecified atom stereocenters. The van der Waals surface area contributed by atoms with Gasteiger partial charge in [-0.2, -0.15) is 11.8 Å². The summed E-state index contributed by atoms with van der Waals surface area (Å²) in [6.45, 7) is 0.658. The van der Waals surface area contributed by atoms with Gasteiger partial charge in [0.25, 0.3) is 0 Å². The van der Waals surface area contributed by atoms with E-state index in [2.05, 4.69) is 5.32 Å². The van der Waals surface area contributed by atoms with Crippen LogP contribution >= 0.6 is 35.0 Å². The quantitative estimate of drug-likeness (QED) is 0.703. The Bertz CT molecular complexity index is 602. The first-order valence-corrected chi connectivity index (χ1v) is 8.87. The van der Waals surface area contributed by atoms with Gasteiger partial charge in [-0.25, -0.2) is 0 Å². The Balaban J connectivity index is 1.58. The fourth-order valence-corrected chi connectivity index (χ4v) is 2.95. The minimum absolute atomic E-state index is 0.0460. The Labute approximate surface area is 144 Å². The van der Waals surface area contributed by atoms with Gasteiger partial charge in [-0.05, 0) is 36.2 Å². The van der Waals surface area contributed by atoms with Crippen molar-refractivity contribution in [1.29, 1.82) is 0 Å².